The van der Waals surface area contributed by atoms with Gasteiger partial charge in [0.15, 0.2) is 17.5 Å². The van der Waals surface area contributed by atoms with Gasteiger partial charge in [-0.3, -0.25) is 23.7 Å². The van der Waals surface area contributed by atoms with E-state index in [1.54, 1.807) is 18.3 Å². The van der Waals surface area contributed by atoms with Gasteiger partial charge in [-0.2, -0.15) is 4.98 Å². The summed E-state index contributed by atoms with van der Waals surface area (Å²) < 4.78 is 21.6. The molecule has 0 spiro atoms. The minimum atomic E-state index is -1.56. The predicted octanol–water partition coefficient (Wildman–Crippen LogP) is 2.94. The monoisotopic (exact) mass is 509 g/mol. The van der Waals surface area contributed by atoms with Gasteiger partial charge in [0.05, 0.1) is 0 Å². The summed E-state index contributed by atoms with van der Waals surface area (Å²) in [4.78, 5) is 54.3. The molecule has 37 heavy (non-hydrogen) atoms. The molecule has 194 valence electrons. The Hall–Kier alpha value is -3.96. The van der Waals surface area contributed by atoms with E-state index in [0.717, 1.165) is 11.0 Å². The normalized spacial score (nSPS) is 14.3. The number of rotatable bonds is 11. The number of unbranched alkanes of at least 4 members (excludes halogenated alkanes) is 1. The van der Waals surface area contributed by atoms with Gasteiger partial charge in [0.1, 0.15) is 17.0 Å². The van der Waals surface area contributed by atoms with Crippen LogP contribution in [0.3, 0.4) is 0 Å². The first kappa shape index (κ1) is 24.7. The third kappa shape index (κ3) is 5.42. The Bertz CT molecular complexity index is 1570. The van der Waals surface area contributed by atoms with Crippen LogP contribution in [0.5, 0.6) is 0 Å². The van der Waals surface area contributed by atoms with Crippen molar-refractivity contribution in [2.45, 2.75) is 71.1 Å². The van der Waals surface area contributed by atoms with Gasteiger partial charge in [0.25, 0.3) is 17.0 Å². The van der Waals surface area contributed by atoms with Crippen LogP contribution in [0.1, 0.15) is 63.3 Å². The molecule has 4 aromatic heterocycles. The summed E-state index contributed by atoms with van der Waals surface area (Å²) in [5, 5.41) is 3.97. The fourth-order valence-corrected chi connectivity index (χ4v) is 4.38. The predicted molar refractivity (Wildman–Crippen MR) is 133 cm³/mol. The molecule has 0 saturated heterocycles. The van der Waals surface area contributed by atoms with Crippen molar-refractivity contribution < 1.29 is 8.91 Å². The molecule has 0 amide bonds. The summed E-state index contributed by atoms with van der Waals surface area (Å²) in [5.74, 6) is 1.25. The first-order chi connectivity index (χ1) is 17.9. The number of aromatic nitrogens is 7. The van der Waals surface area contributed by atoms with Crippen molar-refractivity contribution in [1.29, 1.82) is 0 Å². The van der Waals surface area contributed by atoms with Crippen LogP contribution in [0.15, 0.2) is 43.3 Å². The highest BCUT2D eigenvalue weighted by Gasteiger charge is 2.23. The Labute approximate surface area is 210 Å². The van der Waals surface area contributed by atoms with E-state index >= 15 is 0 Å². The SMILES string of the molecule is CC(F)c1nc2c(=O)n(CCCCc3noc(-c4ccccn4)n3)c(=O)n(CCCC3CC3)c2c(=O)[nH]1. The van der Waals surface area contributed by atoms with Crippen molar-refractivity contribution in [3.8, 4) is 11.6 Å². The molecule has 1 aliphatic carbocycles. The minimum absolute atomic E-state index is 0.0969. The van der Waals surface area contributed by atoms with Crippen LogP contribution in [-0.4, -0.2) is 34.2 Å². The van der Waals surface area contributed by atoms with Crippen molar-refractivity contribution in [2.24, 2.45) is 5.92 Å². The molecule has 1 unspecified atom stereocenters. The van der Waals surface area contributed by atoms with Crippen LogP contribution in [-0.2, 0) is 19.5 Å². The molecule has 1 saturated carbocycles. The zero-order valence-corrected chi connectivity index (χ0v) is 20.5. The number of aromatic amines is 1. The average molecular weight is 510 g/mol. The quantitative estimate of drug-likeness (QED) is 0.304. The first-order valence-corrected chi connectivity index (χ1v) is 12.6. The Balaban J connectivity index is 1.36. The van der Waals surface area contributed by atoms with Crippen LogP contribution in [0, 0.1) is 5.92 Å². The zero-order valence-electron chi connectivity index (χ0n) is 20.5. The fraction of sp³-hybridized carbons (Fsp3) is 0.480. The summed E-state index contributed by atoms with van der Waals surface area (Å²) >= 11 is 0. The van der Waals surface area contributed by atoms with Crippen LogP contribution in [0.4, 0.5) is 4.39 Å². The van der Waals surface area contributed by atoms with Gasteiger partial charge in [-0.15, -0.1) is 0 Å². The number of nitrogens with one attached hydrogen (secondary N) is 1. The Kier molecular flexibility index (Phi) is 7.06. The summed E-state index contributed by atoms with van der Waals surface area (Å²) in [5.41, 5.74) is -1.64. The van der Waals surface area contributed by atoms with E-state index in [2.05, 4.69) is 25.1 Å². The molecule has 12 heteroatoms. The van der Waals surface area contributed by atoms with Gasteiger partial charge in [0.2, 0.25) is 0 Å². The molecule has 5 rings (SSSR count). The molecule has 1 fully saturated rings. The van der Waals surface area contributed by atoms with Crippen molar-refractivity contribution in [2.75, 3.05) is 0 Å². The summed E-state index contributed by atoms with van der Waals surface area (Å²) in [7, 11) is 0. The van der Waals surface area contributed by atoms with Gasteiger partial charge in [-0.05, 0) is 50.7 Å². The maximum atomic E-state index is 13.9. The van der Waals surface area contributed by atoms with Crippen LogP contribution in [0.25, 0.3) is 22.6 Å². The van der Waals surface area contributed by atoms with Crippen LogP contribution < -0.4 is 16.8 Å². The van der Waals surface area contributed by atoms with Gasteiger partial charge in [-0.1, -0.05) is 24.1 Å². The molecule has 4 heterocycles. The standard InChI is InChI=1S/C25H28FN7O4/c1-15(26)21-29-19-20(22(34)30-21)32(14-6-7-16-10-11-16)25(36)33(24(19)35)13-5-3-9-18-28-23(37-31-18)17-8-2-4-12-27-17/h2,4,8,12,15-16H,3,5-7,9-11,13-14H2,1H3,(H,29,30,34). The smallest absolute Gasteiger partial charge is 0.331 e. The lowest BCUT2D eigenvalue weighted by Crippen LogP contribution is -2.42. The minimum Gasteiger partial charge on any atom is -0.332 e. The molecule has 1 aliphatic rings. The van der Waals surface area contributed by atoms with E-state index in [-0.39, 0.29) is 23.4 Å². The van der Waals surface area contributed by atoms with Crippen molar-refractivity contribution >= 4 is 11.0 Å². The molecule has 1 N–H and O–H groups in total. The Morgan fingerprint density at radius 2 is 1.92 bits per heavy atom. The highest BCUT2D eigenvalue weighted by molar-refractivity contribution is 5.72. The molecule has 4 aromatic rings. The second-order valence-corrected chi connectivity index (χ2v) is 9.43. The van der Waals surface area contributed by atoms with Gasteiger partial charge < -0.3 is 9.51 Å². The topological polar surface area (TPSA) is 142 Å². The van der Waals surface area contributed by atoms with Gasteiger partial charge >= 0.3 is 5.69 Å². The molecule has 0 bridgehead atoms. The number of fused-ring (bicyclic) bond motifs is 1. The van der Waals surface area contributed by atoms with Gasteiger partial charge in [-0.25, -0.2) is 14.2 Å². The first-order valence-electron chi connectivity index (χ1n) is 12.6. The van der Waals surface area contributed by atoms with E-state index in [9.17, 15) is 18.8 Å². The summed E-state index contributed by atoms with van der Waals surface area (Å²) in [6.45, 7) is 1.64. The number of H-pyrrole nitrogens is 1. The number of alkyl halides is 1. The molecule has 0 aliphatic heterocycles. The van der Waals surface area contributed by atoms with Crippen molar-refractivity contribution in [1.82, 2.24) is 34.2 Å². The second kappa shape index (κ2) is 10.6. The molecule has 11 nitrogen and oxygen atoms in total. The number of pyridine rings is 1. The summed E-state index contributed by atoms with van der Waals surface area (Å²) in [6, 6.07) is 5.39. The number of hydrogen-bond donors (Lipinski definition) is 1. The van der Waals surface area contributed by atoms with E-state index in [0.29, 0.717) is 55.6 Å². The van der Waals surface area contributed by atoms with E-state index < -0.39 is 23.0 Å². The largest absolute Gasteiger partial charge is 0.332 e. The van der Waals surface area contributed by atoms with E-state index in [4.69, 9.17) is 4.52 Å². The fourth-order valence-electron chi connectivity index (χ4n) is 4.38. The zero-order chi connectivity index (χ0) is 25.9. The molecule has 1 atom stereocenters. The maximum absolute atomic E-state index is 13.9. The number of hydrogen-bond acceptors (Lipinski definition) is 8. The third-order valence-corrected chi connectivity index (χ3v) is 6.54. The van der Waals surface area contributed by atoms with E-state index in [1.165, 1.54) is 24.3 Å². The molecule has 0 aromatic carbocycles. The number of nitrogens with zero attached hydrogens (tertiary/aromatic N) is 6. The highest BCUT2D eigenvalue weighted by atomic mass is 19.1. The lowest BCUT2D eigenvalue weighted by atomic mass is 10.2. The Morgan fingerprint density at radius 3 is 2.65 bits per heavy atom. The molecular weight excluding hydrogens is 481 g/mol. The molecule has 0 radical (unpaired) electrons. The van der Waals surface area contributed by atoms with E-state index in [1.807, 2.05) is 6.07 Å². The van der Waals surface area contributed by atoms with Crippen LogP contribution >= 0.6 is 0 Å². The van der Waals surface area contributed by atoms with Gasteiger partial charge in [0, 0.05) is 25.7 Å². The highest BCUT2D eigenvalue weighted by Crippen LogP contribution is 2.33. The lowest BCUT2D eigenvalue weighted by Gasteiger charge is -2.14. The van der Waals surface area contributed by atoms with Crippen LogP contribution in [0.2, 0.25) is 0 Å². The van der Waals surface area contributed by atoms with Crippen molar-refractivity contribution in [3.05, 3.63) is 67.2 Å². The lowest BCUT2D eigenvalue weighted by molar-refractivity contribution is 0.356. The summed E-state index contributed by atoms with van der Waals surface area (Å²) in [6.07, 6.45) is 5.63. The number of aryl methyl sites for hydroxylation is 2. The molecular formula is C25H28FN7O4. The third-order valence-electron chi connectivity index (χ3n) is 6.54. The van der Waals surface area contributed by atoms with Crippen molar-refractivity contribution in [3.63, 3.8) is 0 Å². The second-order valence-electron chi connectivity index (χ2n) is 9.43. The number of halogens is 1. The Morgan fingerprint density at radius 1 is 1.11 bits per heavy atom. The average Bonchev–Trinajstić information content (AvgIpc) is 3.60. The maximum Gasteiger partial charge on any atom is 0.331 e.